The highest BCUT2D eigenvalue weighted by molar-refractivity contribution is 5.81. The fourth-order valence-corrected chi connectivity index (χ4v) is 1.77. The summed E-state index contributed by atoms with van der Waals surface area (Å²) in [6, 6.07) is 18.0. The third kappa shape index (κ3) is 5.05. The molecule has 0 aromatic heterocycles. The molecule has 4 heteroatoms. The topological polar surface area (TPSA) is 52.6 Å². The molecule has 0 amide bonds. The molecule has 0 saturated carbocycles. The quantitative estimate of drug-likeness (QED) is 0.607. The Morgan fingerprint density at radius 3 is 2.18 bits per heavy atom. The molecule has 4 nitrogen and oxygen atoms in total. The Bertz CT molecular complexity index is 607. The lowest BCUT2D eigenvalue weighted by molar-refractivity contribution is -0.150. The molecule has 0 aliphatic heterocycles. The summed E-state index contributed by atoms with van der Waals surface area (Å²) in [5.74, 6) is -1.40. The minimum Gasteiger partial charge on any atom is -0.461 e. The molecule has 0 aliphatic carbocycles. The smallest absolute Gasteiger partial charge is 0.314 e. The third-order valence-electron chi connectivity index (χ3n) is 2.95. The van der Waals surface area contributed by atoms with Crippen molar-refractivity contribution < 1.29 is 19.1 Å². The van der Waals surface area contributed by atoms with Crippen molar-refractivity contribution in [3.05, 3.63) is 73.2 Å². The highest BCUT2D eigenvalue weighted by atomic mass is 16.5. The van der Waals surface area contributed by atoms with E-state index in [1.165, 1.54) is 0 Å². The van der Waals surface area contributed by atoms with Gasteiger partial charge in [-0.15, -0.1) is 0 Å². The largest absolute Gasteiger partial charge is 0.461 e. The molecule has 22 heavy (non-hydrogen) atoms. The second-order valence-corrected chi connectivity index (χ2v) is 4.78. The number of carbonyl (C=O) groups excluding carboxylic acids is 2. The summed E-state index contributed by atoms with van der Waals surface area (Å²) >= 11 is 0. The molecule has 2 aromatic rings. The summed E-state index contributed by atoms with van der Waals surface area (Å²) in [7, 11) is 0. The van der Waals surface area contributed by atoms with Crippen LogP contribution >= 0.6 is 0 Å². The Kier molecular flexibility index (Phi) is 5.72. The van der Waals surface area contributed by atoms with Gasteiger partial charge >= 0.3 is 11.9 Å². The molecule has 0 aliphatic rings. The van der Waals surface area contributed by atoms with E-state index >= 15 is 0 Å². The lowest BCUT2D eigenvalue weighted by Crippen LogP contribution is -2.22. The van der Waals surface area contributed by atoms with Crippen LogP contribution in [0.2, 0.25) is 0 Å². The molecule has 1 atom stereocenters. The van der Waals surface area contributed by atoms with Crippen LogP contribution in [-0.4, -0.2) is 11.9 Å². The first-order valence-corrected chi connectivity index (χ1v) is 6.94. The molecular formula is C18H17O4. The lowest BCUT2D eigenvalue weighted by atomic mass is 10.1. The standard InChI is InChI=1S/C18H17O4/c1-14(18(20)22-16-10-6-3-7-11-16)12-17(19)21-13-15-8-4-2-5-9-15/h2-11,14H,1,12-13H2. The van der Waals surface area contributed by atoms with Gasteiger partial charge in [-0.25, -0.2) is 0 Å². The highest BCUT2D eigenvalue weighted by Gasteiger charge is 2.20. The molecule has 2 aromatic carbocycles. The molecule has 113 valence electrons. The summed E-state index contributed by atoms with van der Waals surface area (Å²) < 4.78 is 10.2. The monoisotopic (exact) mass is 297 g/mol. The van der Waals surface area contributed by atoms with Crippen LogP contribution < -0.4 is 4.74 Å². The first-order valence-electron chi connectivity index (χ1n) is 6.94. The van der Waals surface area contributed by atoms with E-state index < -0.39 is 17.9 Å². The number of hydrogen-bond acceptors (Lipinski definition) is 4. The van der Waals surface area contributed by atoms with Gasteiger partial charge in [0.05, 0.1) is 12.3 Å². The zero-order valence-corrected chi connectivity index (χ0v) is 12.1. The predicted octanol–water partition coefficient (Wildman–Crippen LogP) is 3.18. The van der Waals surface area contributed by atoms with Crippen molar-refractivity contribution in [3.63, 3.8) is 0 Å². The fraction of sp³-hybridized carbons (Fsp3) is 0.167. The number of carbonyl (C=O) groups is 2. The van der Waals surface area contributed by atoms with Crippen LogP contribution in [0.25, 0.3) is 0 Å². The SMILES string of the molecule is [CH2]C(CC(=O)OCc1ccccc1)C(=O)Oc1ccccc1. The zero-order valence-electron chi connectivity index (χ0n) is 12.1. The highest BCUT2D eigenvalue weighted by Crippen LogP contribution is 2.13. The number of rotatable bonds is 6. The maximum Gasteiger partial charge on any atom is 0.314 e. The van der Waals surface area contributed by atoms with E-state index in [0.717, 1.165) is 5.56 Å². The Balaban J connectivity index is 1.77. The van der Waals surface area contributed by atoms with Gasteiger partial charge in [0.2, 0.25) is 0 Å². The lowest BCUT2D eigenvalue weighted by Gasteiger charge is -2.11. The van der Waals surface area contributed by atoms with Crippen molar-refractivity contribution in [2.75, 3.05) is 0 Å². The molecule has 0 fully saturated rings. The Morgan fingerprint density at radius 1 is 0.955 bits per heavy atom. The van der Waals surface area contributed by atoms with Crippen LogP contribution in [-0.2, 0) is 20.9 Å². The zero-order chi connectivity index (χ0) is 15.8. The van der Waals surface area contributed by atoms with Crippen LogP contribution in [0.4, 0.5) is 0 Å². The summed E-state index contributed by atoms with van der Waals surface area (Å²) in [5.41, 5.74) is 0.892. The third-order valence-corrected chi connectivity index (χ3v) is 2.95. The van der Waals surface area contributed by atoms with Crippen molar-refractivity contribution in [2.24, 2.45) is 5.92 Å². The molecule has 2 rings (SSSR count). The second kappa shape index (κ2) is 7.98. The number of esters is 2. The molecular weight excluding hydrogens is 280 g/mol. The van der Waals surface area contributed by atoms with Crippen molar-refractivity contribution >= 4 is 11.9 Å². The first kappa shape index (κ1) is 15.8. The summed E-state index contributed by atoms with van der Waals surface area (Å²) in [5, 5.41) is 0. The maximum atomic E-state index is 11.8. The number of benzene rings is 2. The molecule has 1 radical (unpaired) electrons. The minimum atomic E-state index is -0.802. The fourth-order valence-electron chi connectivity index (χ4n) is 1.77. The van der Waals surface area contributed by atoms with Crippen LogP contribution in [0.5, 0.6) is 5.75 Å². The first-order chi connectivity index (χ1) is 10.6. The summed E-state index contributed by atoms with van der Waals surface area (Å²) in [6.45, 7) is 3.83. The van der Waals surface area contributed by atoms with E-state index in [0.29, 0.717) is 5.75 Å². The Hall–Kier alpha value is -2.62. The van der Waals surface area contributed by atoms with Crippen LogP contribution in [0, 0.1) is 12.8 Å². The van der Waals surface area contributed by atoms with Gasteiger partial charge in [-0.3, -0.25) is 9.59 Å². The minimum absolute atomic E-state index is 0.113. The molecule has 0 bridgehead atoms. The number of ether oxygens (including phenoxy) is 2. The summed E-state index contributed by atoms with van der Waals surface area (Å²) in [4.78, 5) is 23.5. The van der Waals surface area contributed by atoms with Crippen LogP contribution in [0.15, 0.2) is 60.7 Å². The van der Waals surface area contributed by atoms with E-state index in [9.17, 15) is 9.59 Å². The van der Waals surface area contributed by atoms with E-state index in [4.69, 9.17) is 9.47 Å². The van der Waals surface area contributed by atoms with Gasteiger partial charge in [-0.2, -0.15) is 0 Å². The van der Waals surface area contributed by atoms with Crippen molar-refractivity contribution in [3.8, 4) is 5.75 Å². The van der Waals surface area contributed by atoms with E-state index in [-0.39, 0.29) is 13.0 Å². The van der Waals surface area contributed by atoms with Gasteiger partial charge in [-0.05, 0) is 24.6 Å². The average molecular weight is 297 g/mol. The molecule has 0 N–H and O–H groups in total. The van der Waals surface area contributed by atoms with Crippen molar-refractivity contribution in [1.82, 2.24) is 0 Å². The second-order valence-electron chi connectivity index (χ2n) is 4.78. The predicted molar refractivity (Wildman–Crippen MR) is 81.8 cm³/mol. The van der Waals surface area contributed by atoms with Crippen molar-refractivity contribution in [1.29, 1.82) is 0 Å². The number of hydrogen-bond donors (Lipinski definition) is 0. The van der Waals surface area contributed by atoms with E-state index in [1.807, 2.05) is 36.4 Å². The van der Waals surface area contributed by atoms with Crippen molar-refractivity contribution in [2.45, 2.75) is 13.0 Å². The van der Waals surface area contributed by atoms with Crippen LogP contribution in [0.1, 0.15) is 12.0 Å². The maximum absolute atomic E-state index is 11.8. The molecule has 0 saturated heterocycles. The normalized spacial score (nSPS) is 11.5. The van der Waals surface area contributed by atoms with Gasteiger partial charge in [0, 0.05) is 0 Å². The average Bonchev–Trinajstić information content (AvgIpc) is 2.55. The Morgan fingerprint density at radius 2 is 1.55 bits per heavy atom. The van der Waals surface area contributed by atoms with Gasteiger partial charge in [-0.1, -0.05) is 48.5 Å². The van der Waals surface area contributed by atoms with Gasteiger partial charge in [0.25, 0.3) is 0 Å². The molecule has 0 spiro atoms. The summed E-state index contributed by atoms with van der Waals surface area (Å²) in [6.07, 6.45) is -0.113. The van der Waals surface area contributed by atoms with Gasteiger partial charge in [0.15, 0.2) is 0 Å². The molecule has 0 heterocycles. The van der Waals surface area contributed by atoms with Gasteiger partial charge in [0.1, 0.15) is 12.4 Å². The molecule has 1 unspecified atom stereocenters. The van der Waals surface area contributed by atoms with Gasteiger partial charge < -0.3 is 9.47 Å². The Labute approximate surface area is 129 Å². The van der Waals surface area contributed by atoms with E-state index in [2.05, 4.69) is 6.92 Å². The number of para-hydroxylation sites is 1. The van der Waals surface area contributed by atoms with E-state index in [1.54, 1.807) is 24.3 Å². The van der Waals surface area contributed by atoms with Crippen LogP contribution in [0.3, 0.4) is 0 Å².